The average Bonchev–Trinajstić information content (AvgIpc) is 1.99. The van der Waals surface area contributed by atoms with Crippen LogP contribution in [0.1, 0.15) is 20.8 Å². The topological polar surface area (TPSA) is 38.3 Å². The summed E-state index contributed by atoms with van der Waals surface area (Å²) in [6.07, 6.45) is -0.350. The Morgan fingerprint density at radius 2 is 2.00 bits per heavy atom. The fourth-order valence-corrected chi connectivity index (χ4v) is 0.552. The Morgan fingerprint density at radius 3 is 2.36 bits per heavy atom. The van der Waals surface area contributed by atoms with Gasteiger partial charge in [-0.1, -0.05) is 20.8 Å². The summed E-state index contributed by atoms with van der Waals surface area (Å²) in [5.74, 6) is 1.08. The monoisotopic (exact) mass is 159 g/mol. The molecule has 0 aliphatic carbocycles. The summed E-state index contributed by atoms with van der Waals surface area (Å²) in [7, 11) is 1.37. The largest absolute Gasteiger partial charge is 0.453 e. The van der Waals surface area contributed by atoms with E-state index in [1.165, 1.54) is 7.11 Å². The van der Waals surface area contributed by atoms with Gasteiger partial charge in [0, 0.05) is 6.54 Å². The molecule has 3 heteroatoms. The molecular weight excluding hydrogens is 142 g/mol. The van der Waals surface area contributed by atoms with Crippen molar-refractivity contribution in [1.29, 1.82) is 0 Å². The van der Waals surface area contributed by atoms with Crippen LogP contribution in [-0.4, -0.2) is 19.7 Å². The highest BCUT2D eigenvalue weighted by molar-refractivity contribution is 5.66. The van der Waals surface area contributed by atoms with Gasteiger partial charge in [-0.15, -0.1) is 0 Å². The Bertz CT molecular complexity index is 123. The predicted molar refractivity (Wildman–Crippen MR) is 44.4 cm³/mol. The third kappa shape index (κ3) is 4.65. The van der Waals surface area contributed by atoms with Crippen LogP contribution in [0.3, 0.4) is 0 Å². The molecule has 1 N–H and O–H groups in total. The highest BCUT2D eigenvalue weighted by atomic mass is 16.5. The number of alkyl carbamates (subject to hydrolysis) is 1. The zero-order valence-corrected chi connectivity index (χ0v) is 7.68. The highest BCUT2D eigenvalue weighted by Crippen LogP contribution is 2.07. The molecule has 0 rings (SSSR count). The van der Waals surface area contributed by atoms with Gasteiger partial charge in [0.1, 0.15) is 0 Å². The summed E-state index contributed by atoms with van der Waals surface area (Å²) >= 11 is 0. The lowest BCUT2D eigenvalue weighted by Gasteiger charge is -2.14. The minimum absolute atomic E-state index is 0.350. The van der Waals surface area contributed by atoms with E-state index in [0.29, 0.717) is 18.4 Å². The van der Waals surface area contributed by atoms with E-state index >= 15 is 0 Å². The Kier molecular flexibility index (Phi) is 4.66. The van der Waals surface area contributed by atoms with Crippen molar-refractivity contribution in [3.05, 3.63) is 0 Å². The van der Waals surface area contributed by atoms with Gasteiger partial charge in [-0.2, -0.15) is 0 Å². The summed E-state index contributed by atoms with van der Waals surface area (Å²) in [5, 5.41) is 2.65. The fraction of sp³-hybridized carbons (Fsp3) is 0.875. The predicted octanol–water partition coefficient (Wildman–Crippen LogP) is 1.63. The van der Waals surface area contributed by atoms with Crippen LogP contribution in [0, 0.1) is 11.8 Å². The minimum atomic E-state index is -0.350. The van der Waals surface area contributed by atoms with Gasteiger partial charge in [-0.05, 0) is 11.8 Å². The van der Waals surface area contributed by atoms with Gasteiger partial charge in [-0.25, -0.2) is 4.79 Å². The fourth-order valence-electron chi connectivity index (χ4n) is 0.552. The lowest BCUT2D eigenvalue weighted by molar-refractivity contribution is 0.168. The second-order valence-corrected chi connectivity index (χ2v) is 3.09. The van der Waals surface area contributed by atoms with Crippen molar-refractivity contribution < 1.29 is 9.53 Å². The van der Waals surface area contributed by atoms with Crippen LogP contribution in [-0.2, 0) is 4.74 Å². The van der Waals surface area contributed by atoms with Crippen LogP contribution in [0.25, 0.3) is 0 Å². The second-order valence-electron chi connectivity index (χ2n) is 3.09. The molecule has 0 fully saturated rings. The molecule has 0 aliphatic heterocycles. The van der Waals surface area contributed by atoms with E-state index in [-0.39, 0.29) is 6.09 Å². The normalized spacial score (nSPS) is 12.8. The maximum Gasteiger partial charge on any atom is 0.406 e. The molecule has 0 aliphatic rings. The van der Waals surface area contributed by atoms with Gasteiger partial charge in [-0.3, -0.25) is 0 Å². The molecule has 3 nitrogen and oxygen atoms in total. The SMILES string of the molecule is COC(=O)NCC(C)C(C)C. The number of hydrogen-bond donors (Lipinski definition) is 1. The highest BCUT2D eigenvalue weighted by Gasteiger charge is 2.07. The smallest absolute Gasteiger partial charge is 0.406 e. The zero-order chi connectivity index (χ0) is 8.85. The quantitative estimate of drug-likeness (QED) is 0.679. The minimum Gasteiger partial charge on any atom is -0.453 e. The standard InChI is InChI=1S/C8H17NO2/c1-6(2)7(3)5-9-8(10)11-4/h6-7H,5H2,1-4H3,(H,9,10). The van der Waals surface area contributed by atoms with Crippen molar-refractivity contribution in [2.75, 3.05) is 13.7 Å². The van der Waals surface area contributed by atoms with Crippen LogP contribution in [0.2, 0.25) is 0 Å². The molecule has 0 spiro atoms. The Morgan fingerprint density at radius 1 is 1.45 bits per heavy atom. The van der Waals surface area contributed by atoms with E-state index in [1.807, 2.05) is 0 Å². The first-order valence-corrected chi connectivity index (χ1v) is 3.89. The van der Waals surface area contributed by atoms with E-state index in [9.17, 15) is 4.79 Å². The van der Waals surface area contributed by atoms with Gasteiger partial charge in [0.05, 0.1) is 7.11 Å². The number of carbonyl (C=O) groups excluding carboxylic acids is 1. The molecule has 66 valence electrons. The Labute approximate surface area is 68.1 Å². The number of carbonyl (C=O) groups is 1. The van der Waals surface area contributed by atoms with Crippen LogP contribution >= 0.6 is 0 Å². The molecule has 0 aromatic heterocycles. The van der Waals surface area contributed by atoms with Crippen molar-refractivity contribution in [3.8, 4) is 0 Å². The molecular formula is C8H17NO2. The molecule has 0 bridgehead atoms. The van der Waals surface area contributed by atoms with Crippen LogP contribution in [0.15, 0.2) is 0 Å². The van der Waals surface area contributed by atoms with Crippen molar-refractivity contribution in [2.45, 2.75) is 20.8 Å². The van der Waals surface area contributed by atoms with Crippen LogP contribution < -0.4 is 5.32 Å². The number of ether oxygens (including phenoxy) is 1. The first-order valence-electron chi connectivity index (χ1n) is 3.89. The number of hydrogen-bond acceptors (Lipinski definition) is 2. The van der Waals surface area contributed by atoms with E-state index in [0.717, 1.165) is 0 Å². The molecule has 0 saturated carbocycles. The van der Waals surface area contributed by atoms with E-state index in [2.05, 4.69) is 30.8 Å². The van der Waals surface area contributed by atoms with Crippen molar-refractivity contribution >= 4 is 6.09 Å². The van der Waals surface area contributed by atoms with Gasteiger partial charge >= 0.3 is 6.09 Å². The first-order chi connectivity index (χ1) is 5.07. The summed E-state index contributed by atoms with van der Waals surface area (Å²) < 4.78 is 4.43. The summed E-state index contributed by atoms with van der Waals surface area (Å²) in [4.78, 5) is 10.6. The first kappa shape index (κ1) is 10.3. The average molecular weight is 159 g/mol. The second kappa shape index (κ2) is 4.99. The molecule has 1 amide bonds. The number of methoxy groups -OCH3 is 1. The van der Waals surface area contributed by atoms with Crippen LogP contribution in [0.5, 0.6) is 0 Å². The number of rotatable bonds is 3. The lowest BCUT2D eigenvalue weighted by Crippen LogP contribution is -2.29. The van der Waals surface area contributed by atoms with Gasteiger partial charge in [0.15, 0.2) is 0 Å². The number of nitrogens with one attached hydrogen (secondary N) is 1. The molecule has 0 radical (unpaired) electrons. The Balaban J connectivity index is 3.45. The maximum atomic E-state index is 10.6. The van der Waals surface area contributed by atoms with E-state index < -0.39 is 0 Å². The third-order valence-corrected chi connectivity index (χ3v) is 1.89. The van der Waals surface area contributed by atoms with E-state index in [4.69, 9.17) is 0 Å². The van der Waals surface area contributed by atoms with Crippen molar-refractivity contribution in [3.63, 3.8) is 0 Å². The molecule has 1 unspecified atom stereocenters. The summed E-state index contributed by atoms with van der Waals surface area (Å²) in [5.41, 5.74) is 0. The summed E-state index contributed by atoms with van der Waals surface area (Å²) in [6, 6.07) is 0. The van der Waals surface area contributed by atoms with Gasteiger partial charge in [0.2, 0.25) is 0 Å². The van der Waals surface area contributed by atoms with Crippen molar-refractivity contribution in [1.82, 2.24) is 5.32 Å². The molecule has 0 saturated heterocycles. The Hall–Kier alpha value is -0.730. The molecule has 1 atom stereocenters. The zero-order valence-electron chi connectivity index (χ0n) is 7.68. The number of amides is 1. The summed E-state index contributed by atoms with van der Waals surface area (Å²) in [6.45, 7) is 7.04. The van der Waals surface area contributed by atoms with Gasteiger partial charge < -0.3 is 10.1 Å². The molecule has 0 aromatic carbocycles. The van der Waals surface area contributed by atoms with Crippen molar-refractivity contribution in [2.24, 2.45) is 11.8 Å². The van der Waals surface area contributed by atoms with Crippen LogP contribution in [0.4, 0.5) is 4.79 Å². The van der Waals surface area contributed by atoms with E-state index in [1.54, 1.807) is 0 Å². The lowest BCUT2D eigenvalue weighted by atomic mass is 9.98. The van der Waals surface area contributed by atoms with Gasteiger partial charge in [0.25, 0.3) is 0 Å². The maximum absolute atomic E-state index is 10.6. The molecule has 0 aromatic rings. The molecule has 0 heterocycles. The molecule has 11 heavy (non-hydrogen) atoms. The third-order valence-electron chi connectivity index (χ3n) is 1.89.